The van der Waals surface area contributed by atoms with E-state index in [1.54, 1.807) is 0 Å². The van der Waals surface area contributed by atoms with Crippen molar-refractivity contribution in [2.45, 2.75) is 36.6 Å². The molecular weight excluding hydrogens is 473 g/mol. The Balaban J connectivity index is 3.15. The molecule has 1 unspecified atom stereocenters. The van der Waals surface area contributed by atoms with E-state index in [1.807, 2.05) is 0 Å². The molecule has 172 valence electrons. The molecule has 1 rings (SSSR count). The van der Waals surface area contributed by atoms with Crippen molar-refractivity contribution < 1.29 is 81.5 Å². The number of ketones is 1. The Labute approximate surface area is 161 Å². The first-order valence-corrected chi connectivity index (χ1v) is 11.8. The summed E-state index contributed by atoms with van der Waals surface area (Å²) in [5.74, 6) is -1.06. The quantitative estimate of drug-likeness (QED) is 0.132. The van der Waals surface area contributed by atoms with E-state index in [0.29, 0.717) is 0 Å². The van der Waals surface area contributed by atoms with Gasteiger partial charge >= 0.3 is 23.5 Å². The maximum Gasteiger partial charge on any atom is 0.473 e. The number of carbonyl (C=O) groups is 1. The van der Waals surface area contributed by atoms with Gasteiger partial charge in [0.15, 0.2) is 5.78 Å². The van der Waals surface area contributed by atoms with Gasteiger partial charge in [0.25, 0.3) is 0 Å². The van der Waals surface area contributed by atoms with E-state index in [9.17, 15) is 38.7 Å². The molecule has 7 atom stereocenters. The minimum absolute atomic E-state index is 1.06. The van der Waals surface area contributed by atoms with Crippen LogP contribution in [0.1, 0.15) is 0 Å². The Morgan fingerprint density at radius 2 is 1.14 bits per heavy atom. The number of aliphatic hydroxyl groups is 4. The van der Waals surface area contributed by atoms with Crippen LogP contribution in [0.4, 0.5) is 0 Å². The second-order valence-electron chi connectivity index (χ2n) is 5.60. The molecule has 1 aliphatic rings. The van der Waals surface area contributed by atoms with E-state index >= 15 is 0 Å². The first-order chi connectivity index (χ1) is 13.0. The van der Waals surface area contributed by atoms with Crippen molar-refractivity contribution in [3.63, 3.8) is 0 Å². The number of carbonyl (C=O) groups excluding carboxylic acids is 1. The lowest BCUT2D eigenvalue weighted by Crippen LogP contribution is -2.65. The first kappa shape index (κ1) is 26.9. The van der Waals surface area contributed by atoms with Gasteiger partial charge in [-0.05, 0) is 0 Å². The summed E-state index contributed by atoms with van der Waals surface area (Å²) in [4.78, 5) is 55.9. The Morgan fingerprint density at radius 1 is 0.724 bits per heavy atom. The maximum atomic E-state index is 11.8. The topological polar surface area (TPSA) is 287 Å². The first-order valence-electron chi connectivity index (χ1n) is 7.28. The second kappa shape index (κ2) is 9.97. The molecule has 0 amide bonds. The number of hydrogen-bond donors (Lipinski definition) is 9. The van der Waals surface area contributed by atoms with Crippen molar-refractivity contribution in [1.82, 2.24) is 0 Å². The van der Waals surface area contributed by atoms with Gasteiger partial charge in [-0.2, -0.15) is 0 Å². The summed E-state index contributed by atoms with van der Waals surface area (Å²) in [5.41, 5.74) is 0. The van der Waals surface area contributed by atoms with Gasteiger partial charge in [0.1, 0.15) is 49.8 Å². The van der Waals surface area contributed by atoms with Gasteiger partial charge in [0.2, 0.25) is 0 Å². The van der Waals surface area contributed by atoms with Crippen LogP contribution in [0.3, 0.4) is 0 Å². The van der Waals surface area contributed by atoms with Gasteiger partial charge in [0.05, 0.1) is 0 Å². The molecule has 0 saturated heterocycles. The lowest BCUT2D eigenvalue weighted by molar-refractivity contribution is -0.212. The number of hydrogen-bond acceptors (Lipinski definition) is 12. The minimum Gasteiger partial charge on any atom is -0.388 e. The normalized spacial score (nSPS) is 33.3. The molecule has 0 aromatic carbocycles. The van der Waals surface area contributed by atoms with Gasteiger partial charge < -0.3 is 44.9 Å². The summed E-state index contributed by atoms with van der Waals surface area (Å²) in [6, 6.07) is 0. The van der Waals surface area contributed by atoms with Crippen molar-refractivity contribution in [2.75, 3.05) is 13.2 Å². The minimum atomic E-state index is -5.50. The fraction of sp³-hybridized carbons (Fsp3) is 0.889. The molecule has 1 saturated carbocycles. The highest BCUT2D eigenvalue weighted by Gasteiger charge is 2.56. The van der Waals surface area contributed by atoms with Crippen LogP contribution in [0.15, 0.2) is 0 Å². The van der Waals surface area contributed by atoms with Crippen molar-refractivity contribution in [2.24, 2.45) is 0 Å². The number of phosphoric acid groups is 3. The summed E-state index contributed by atoms with van der Waals surface area (Å²) in [5, 5.41) is 38.6. The number of rotatable bonds is 10. The van der Waals surface area contributed by atoms with Gasteiger partial charge in [-0.25, -0.2) is 13.7 Å². The Morgan fingerprint density at radius 3 is 1.55 bits per heavy atom. The van der Waals surface area contributed by atoms with Crippen LogP contribution in [0.25, 0.3) is 0 Å². The van der Waals surface area contributed by atoms with Crippen LogP contribution in [0.2, 0.25) is 0 Å². The molecule has 0 aliphatic heterocycles. The van der Waals surface area contributed by atoms with E-state index in [2.05, 4.69) is 18.1 Å². The summed E-state index contributed by atoms with van der Waals surface area (Å²) < 4.78 is 50.7. The average molecular weight is 492 g/mol. The Kier molecular flexibility index (Phi) is 9.24. The highest BCUT2D eigenvalue weighted by molar-refractivity contribution is 7.47. The molecule has 0 spiro atoms. The van der Waals surface area contributed by atoms with Crippen LogP contribution in [0.5, 0.6) is 0 Å². The molecule has 29 heavy (non-hydrogen) atoms. The van der Waals surface area contributed by atoms with E-state index < -0.39 is 79.1 Å². The van der Waals surface area contributed by atoms with Crippen LogP contribution in [-0.2, 0) is 36.6 Å². The highest BCUT2D eigenvalue weighted by Crippen LogP contribution is 2.50. The molecule has 0 heterocycles. The molecule has 0 radical (unpaired) electrons. The predicted molar refractivity (Wildman–Crippen MR) is 84.6 cm³/mol. The molecule has 0 aromatic rings. The van der Waals surface area contributed by atoms with Crippen molar-refractivity contribution in [3.05, 3.63) is 0 Å². The van der Waals surface area contributed by atoms with Crippen LogP contribution >= 0.6 is 23.5 Å². The standard InChI is InChI=1S/C9H19O17P3/c10-1-3(11)2-23-29(21,22)26-7-4(12)5(13)8(24-27(15,16)17)9(6(7)14)25-28(18,19)20/h4-10,12-14H,1-2H2,(H,21,22)(H2,15,16,17)(H2,18,19,20)/t4-,5+,6+,7+,8-,9-/m1/s1. The van der Waals surface area contributed by atoms with E-state index in [1.165, 1.54) is 0 Å². The Bertz CT molecular complexity index is 713. The third kappa shape index (κ3) is 8.47. The zero-order valence-corrected chi connectivity index (χ0v) is 16.7. The molecule has 9 N–H and O–H groups in total. The summed E-state index contributed by atoms with van der Waals surface area (Å²) in [6.45, 7) is -2.20. The second-order valence-corrected chi connectivity index (χ2v) is 9.39. The third-order valence-corrected chi connectivity index (χ3v) is 5.36. The fourth-order valence-electron chi connectivity index (χ4n) is 2.24. The SMILES string of the molecule is O=C(CO)COP(=O)(O)O[C@H]1[C@H](O)[C@H](O)[C@@H](OP(=O)(O)O)[C@H](OP(=O)(O)O)[C@H]1O. The van der Waals surface area contributed by atoms with E-state index in [-0.39, 0.29) is 0 Å². The highest BCUT2D eigenvalue weighted by atomic mass is 31.2. The summed E-state index contributed by atoms with van der Waals surface area (Å²) in [6.07, 6.45) is -14.7. The predicted octanol–water partition coefficient (Wildman–Crippen LogP) is -3.90. The van der Waals surface area contributed by atoms with Gasteiger partial charge in [0, 0.05) is 0 Å². The van der Waals surface area contributed by atoms with Crippen molar-refractivity contribution in [3.8, 4) is 0 Å². The average Bonchev–Trinajstić information content (AvgIpc) is 2.56. The third-order valence-electron chi connectivity index (χ3n) is 3.36. The lowest BCUT2D eigenvalue weighted by Gasteiger charge is -2.44. The smallest absolute Gasteiger partial charge is 0.388 e. The molecule has 20 heteroatoms. The zero-order valence-electron chi connectivity index (χ0n) is 14.0. The number of phosphoric ester groups is 3. The fourth-order valence-corrected chi connectivity index (χ4v) is 4.28. The molecular formula is C9H19O17P3. The lowest BCUT2D eigenvalue weighted by atomic mass is 9.85. The van der Waals surface area contributed by atoms with Crippen LogP contribution < -0.4 is 0 Å². The molecule has 0 aromatic heterocycles. The largest absolute Gasteiger partial charge is 0.473 e. The van der Waals surface area contributed by atoms with E-state index in [4.69, 9.17) is 24.7 Å². The van der Waals surface area contributed by atoms with Gasteiger partial charge in [-0.1, -0.05) is 0 Å². The number of Topliss-reactive ketones (excluding diaryl/α,β-unsaturated/α-hetero) is 1. The van der Waals surface area contributed by atoms with Gasteiger partial charge in [-0.15, -0.1) is 0 Å². The monoisotopic (exact) mass is 492 g/mol. The molecule has 0 bridgehead atoms. The molecule has 1 aliphatic carbocycles. The van der Waals surface area contributed by atoms with E-state index in [0.717, 1.165) is 0 Å². The zero-order chi connectivity index (χ0) is 22.8. The van der Waals surface area contributed by atoms with Crippen LogP contribution in [0, 0.1) is 0 Å². The van der Waals surface area contributed by atoms with Crippen molar-refractivity contribution >= 4 is 29.3 Å². The maximum absolute atomic E-state index is 11.8. The van der Waals surface area contributed by atoms with Gasteiger partial charge in [-0.3, -0.25) is 22.9 Å². The molecule has 1 fully saturated rings. The number of aliphatic hydroxyl groups excluding tert-OH is 4. The molecule has 17 nitrogen and oxygen atoms in total. The van der Waals surface area contributed by atoms with Crippen molar-refractivity contribution in [1.29, 1.82) is 0 Å². The Hall–Kier alpha value is -0.160. The summed E-state index contributed by atoms with van der Waals surface area (Å²) >= 11 is 0. The summed E-state index contributed by atoms with van der Waals surface area (Å²) in [7, 11) is -16.2. The van der Waals surface area contributed by atoms with Crippen LogP contribution in [-0.4, -0.2) is 101 Å².